The van der Waals surface area contributed by atoms with E-state index in [1.807, 2.05) is 0 Å². The van der Waals surface area contributed by atoms with Gasteiger partial charge in [0.05, 0.1) is 0 Å². The van der Waals surface area contributed by atoms with Crippen LogP contribution < -0.4 is 5.32 Å². The molecule has 1 fully saturated rings. The second kappa shape index (κ2) is 5.75. The molecule has 3 atom stereocenters. The molecular weight excluding hydrogens is 335 g/mol. The molecule has 128 valence electrons. The summed E-state index contributed by atoms with van der Waals surface area (Å²) in [6.07, 6.45) is -4.04. The number of hydrogen-bond acceptors (Lipinski definition) is 4. The monoisotopic (exact) mass is 351 g/mol. The minimum atomic E-state index is -4.92. The fraction of sp³-hybridized carbons (Fsp3) is 0.538. The lowest BCUT2D eigenvalue weighted by Crippen LogP contribution is -2.64. The van der Waals surface area contributed by atoms with Crippen LogP contribution in [0.2, 0.25) is 0 Å². The molecule has 6 nitrogen and oxygen atoms in total. The highest BCUT2D eigenvalue weighted by Gasteiger charge is 2.47. The summed E-state index contributed by atoms with van der Waals surface area (Å²) >= 11 is 0. The minimum absolute atomic E-state index is 0.528. The molecule has 0 aromatic carbocycles. The van der Waals surface area contributed by atoms with Crippen molar-refractivity contribution < 1.29 is 26.4 Å². The van der Waals surface area contributed by atoms with Gasteiger partial charge in [-0.15, -0.1) is 0 Å². The molecule has 0 spiro atoms. The Hall–Kier alpha value is -1.68. The number of rotatable bonds is 2. The zero-order valence-corrected chi connectivity index (χ0v) is 13.4. The third kappa shape index (κ3) is 3.05. The van der Waals surface area contributed by atoms with Crippen molar-refractivity contribution in [2.45, 2.75) is 50.0 Å². The van der Waals surface area contributed by atoms with E-state index in [-0.39, 0.29) is 0 Å². The van der Waals surface area contributed by atoms with Crippen molar-refractivity contribution in [1.29, 1.82) is 0 Å². The Kier molecular flexibility index (Phi) is 4.42. The minimum Gasteiger partial charge on any atom is -0.351 e. The molecule has 0 aliphatic carbocycles. The number of nitrogens with one attached hydrogen (secondary N) is 1. The molecule has 0 bridgehead atoms. The summed E-state index contributed by atoms with van der Waals surface area (Å²) in [5, 5.41) is 2.59. The van der Waals surface area contributed by atoms with Gasteiger partial charge in [-0.1, -0.05) is 0 Å². The van der Waals surface area contributed by atoms with Crippen molar-refractivity contribution in [3.8, 4) is 0 Å². The zero-order chi connectivity index (χ0) is 17.6. The van der Waals surface area contributed by atoms with Crippen molar-refractivity contribution >= 4 is 15.9 Å². The van der Waals surface area contributed by atoms with Crippen molar-refractivity contribution in [1.82, 2.24) is 14.6 Å². The van der Waals surface area contributed by atoms with Crippen LogP contribution in [-0.4, -0.2) is 41.7 Å². The molecule has 1 N–H and O–H groups in total. The lowest BCUT2D eigenvalue weighted by Gasteiger charge is -2.41. The Morgan fingerprint density at radius 3 is 2.43 bits per heavy atom. The van der Waals surface area contributed by atoms with Gasteiger partial charge in [0.1, 0.15) is 10.9 Å². The molecular formula is C13H16F3N3O3S. The molecule has 1 aliphatic heterocycles. The molecule has 23 heavy (non-hydrogen) atoms. The standard InChI is InChI=1S/C13H16F3N3O3S/c1-7-8(2)19(9(3)12(20)18-7)23(21,22)10-5-4-6-17-11(10)13(14,15)16/h4-9H,1-3H3,(H,18,20). The maximum atomic E-state index is 13.1. The number of amides is 1. The van der Waals surface area contributed by atoms with Gasteiger partial charge in [0.15, 0.2) is 5.69 Å². The van der Waals surface area contributed by atoms with Gasteiger partial charge in [-0.2, -0.15) is 17.5 Å². The molecule has 1 aromatic rings. The highest BCUT2D eigenvalue weighted by Crippen LogP contribution is 2.35. The summed E-state index contributed by atoms with van der Waals surface area (Å²) in [4.78, 5) is 14.1. The van der Waals surface area contributed by atoms with Crippen LogP contribution in [0.25, 0.3) is 0 Å². The van der Waals surface area contributed by atoms with Crippen LogP contribution in [0.5, 0.6) is 0 Å². The van der Waals surface area contributed by atoms with Gasteiger partial charge in [-0.25, -0.2) is 8.42 Å². The molecule has 1 aromatic heterocycles. The van der Waals surface area contributed by atoms with Crippen molar-refractivity contribution in [3.63, 3.8) is 0 Å². The van der Waals surface area contributed by atoms with E-state index in [0.29, 0.717) is 0 Å². The van der Waals surface area contributed by atoms with E-state index in [9.17, 15) is 26.4 Å². The Bertz CT molecular complexity index is 721. The summed E-state index contributed by atoms with van der Waals surface area (Å²) in [6, 6.07) is -0.381. The third-order valence-corrected chi connectivity index (χ3v) is 5.94. The van der Waals surface area contributed by atoms with Crippen molar-refractivity contribution in [2.75, 3.05) is 0 Å². The third-order valence-electron chi connectivity index (χ3n) is 3.85. The van der Waals surface area contributed by atoms with Crippen LogP contribution in [-0.2, 0) is 21.0 Å². The zero-order valence-electron chi connectivity index (χ0n) is 12.6. The first-order chi connectivity index (χ1) is 10.5. The molecule has 2 rings (SSSR count). The number of carbonyl (C=O) groups excluding carboxylic acids is 1. The predicted molar refractivity (Wildman–Crippen MR) is 74.8 cm³/mol. The van der Waals surface area contributed by atoms with Gasteiger partial charge in [0.25, 0.3) is 0 Å². The SMILES string of the molecule is CC1NC(=O)C(C)N(S(=O)(=O)c2cccnc2C(F)(F)F)C1C. The van der Waals surface area contributed by atoms with Crippen LogP contribution in [0.4, 0.5) is 13.2 Å². The van der Waals surface area contributed by atoms with Gasteiger partial charge in [-0.3, -0.25) is 9.78 Å². The summed E-state index contributed by atoms with van der Waals surface area (Å²) < 4.78 is 65.6. The van der Waals surface area contributed by atoms with E-state index >= 15 is 0 Å². The fourth-order valence-electron chi connectivity index (χ4n) is 2.51. The van der Waals surface area contributed by atoms with E-state index < -0.39 is 50.8 Å². The number of piperazine rings is 1. The second-order valence-electron chi connectivity index (χ2n) is 5.40. The van der Waals surface area contributed by atoms with Gasteiger partial charge in [0.2, 0.25) is 15.9 Å². The van der Waals surface area contributed by atoms with E-state index in [4.69, 9.17) is 0 Å². The van der Waals surface area contributed by atoms with E-state index in [0.717, 1.165) is 22.6 Å². The lowest BCUT2D eigenvalue weighted by molar-refractivity contribution is -0.143. The average Bonchev–Trinajstić information content (AvgIpc) is 2.44. The quantitative estimate of drug-likeness (QED) is 0.873. The number of nitrogens with zero attached hydrogens (tertiary/aromatic N) is 2. The molecule has 0 radical (unpaired) electrons. The molecule has 0 saturated carbocycles. The average molecular weight is 351 g/mol. The maximum absolute atomic E-state index is 13.1. The Labute approximate surface area is 131 Å². The van der Waals surface area contributed by atoms with Crippen LogP contribution in [0, 0.1) is 0 Å². The lowest BCUT2D eigenvalue weighted by atomic mass is 10.1. The first-order valence-corrected chi connectivity index (χ1v) is 8.28. The molecule has 2 heterocycles. The second-order valence-corrected chi connectivity index (χ2v) is 7.21. The highest BCUT2D eigenvalue weighted by molar-refractivity contribution is 7.89. The number of aromatic nitrogens is 1. The predicted octanol–water partition coefficient (Wildman–Crippen LogP) is 1.39. The molecule has 10 heteroatoms. The molecule has 1 saturated heterocycles. The first-order valence-electron chi connectivity index (χ1n) is 6.84. The van der Waals surface area contributed by atoms with Crippen molar-refractivity contribution in [3.05, 3.63) is 24.0 Å². The van der Waals surface area contributed by atoms with Gasteiger partial charge in [0, 0.05) is 18.3 Å². The Balaban J connectivity index is 2.61. The number of halogens is 3. The Morgan fingerprint density at radius 1 is 1.26 bits per heavy atom. The van der Waals surface area contributed by atoms with Gasteiger partial charge >= 0.3 is 6.18 Å². The topological polar surface area (TPSA) is 79.4 Å². The molecule has 3 unspecified atom stereocenters. The van der Waals surface area contributed by atoms with Crippen LogP contribution in [0.15, 0.2) is 23.2 Å². The van der Waals surface area contributed by atoms with Crippen LogP contribution >= 0.6 is 0 Å². The number of carbonyl (C=O) groups is 1. The largest absolute Gasteiger partial charge is 0.434 e. The van der Waals surface area contributed by atoms with Crippen molar-refractivity contribution in [2.24, 2.45) is 0 Å². The number of pyridine rings is 1. The molecule has 1 aliphatic rings. The first kappa shape index (κ1) is 17.7. The van der Waals surface area contributed by atoms with E-state index in [1.165, 1.54) is 13.8 Å². The fourth-order valence-corrected chi connectivity index (χ4v) is 4.53. The normalized spacial score (nSPS) is 26.9. The Morgan fingerprint density at radius 2 is 1.87 bits per heavy atom. The summed E-state index contributed by atoms with van der Waals surface area (Å²) in [5.74, 6) is -0.559. The van der Waals surface area contributed by atoms with Crippen LogP contribution in [0.1, 0.15) is 26.5 Å². The number of hydrogen-bond donors (Lipinski definition) is 1. The summed E-state index contributed by atoms with van der Waals surface area (Å²) in [6.45, 7) is 4.45. The smallest absolute Gasteiger partial charge is 0.351 e. The van der Waals surface area contributed by atoms with Gasteiger partial charge in [-0.05, 0) is 32.9 Å². The van der Waals surface area contributed by atoms with Gasteiger partial charge < -0.3 is 5.32 Å². The van der Waals surface area contributed by atoms with E-state index in [2.05, 4.69) is 10.3 Å². The summed E-state index contributed by atoms with van der Waals surface area (Å²) in [7, 11) is -4.55. The summed E-state index contributed by atoms with van der Waals surface area (Å²) in [5.41, 5.74) is -1.49. The number of alkyl halides is 3. The highest BCUT2D eigenvalue weighted by atomic mass is 32.2. The molecule has 1 amide bonds. The number of sulfonamides is 1. The van der Waals surface area contributed by atoms with E-state index in [1.54, 1.807) is 6.92 Å². The maximum Gasteiger partial charge on any atom is 0.434 e. The van der Waals surface area contributed by atoms with Crippen LogP contribution in [0.3, 0.4) is 0 Å².